The molecule has 0 bridgehead atoms. The number of benzene rings is 1. The Morgan fingerprint density at radius 3 is 2.03 bits per heavy atom. The molecule has 162 valence electrons. The predicted octanol–water partition coefficient (Wildman–Crippen LogP) is 5.77. The Kier molecular flexibility index (Phi) is 9.16. The molecule has 4 atom stereocenters. The summed E-state index contributed by atoms with van der Waals surface area (Å²) in [6, 6.07) is 7.93. The van der Waals surface area contributed by atoms with Crippen LogP contribution in [-0.4, -0.2) is 43.0 Å². The van der Waals surface area contributed by atoms with Crippen molar-refractivity contribution >= 4 is 47.5 Å². The van der Waals surface area contributed by atoms with Crippen molar-refractivity contribution in [2.75, 3.05) is 23.9 Å². The molecule has 1 aromatic carbocycles. The Morgan fingerprint density at radius 2 is 1.55 bits per heavy atom. The minimum absolute atomic E-state index is 0.00746. The van der Waals surface area contributed by atoms with Gasteiger partial charge in [0.2, 0.25) is 0 Å². The van der Waals surface area contributed by atoms with E-state index in [0.717, 1.165) is 29.4 Å². The average molecular weight is 454 g/mol. The van der Waals surface area contributed by atoms with Gasteiger partial charge in [0.05, 0.1) is 7.11 Å². The summed E-state index contributed by atoms with van der Waals surface area (Å²) < 4.78 is 5.26. The van der Waals surface area contributed by atoms with Gasteiger partial charge < -0.3 is 10.1 Å². The SMILES string of the molecule is CCSC(=O)C1CC(C(=O)SCC)C([Si](C)(C)C)CC1Nc1ccc(OC)cc1. The van der Waals surface area contributed by atoms with Crippen LogP contribution in [0.4, 0.5) is 5.69 Å². The van der Waals surface area contributed by atoms with Gasteiger partial charge in [-0.2, -0.15) is 0 Å². The summed E-state index contributed by atoms with van der Waals surface area (Å²) in [5.41, 5.74) is 1.37. The standard InChI is InChI=1S/C22H35NO3S2Si/c1-7-27-21(24)17-13-18(22(25)28-8-2)20(29(4,5)6)14-19(17)23-15-9-11-16(26-3)12-10-15/h9-12,17-20,23H,7-8,13-14H2,1-6H3. The van der Waals surface area contributed by atoms with E-state index < -0.39 is 8.07 Å². The lowest BCUT2D eigenvalue weighted by Gasteiger charge is -2.45. The molecule has 0 spiro atoms. The molecular formula is C22H35NO3S2Si. The molecule has 0 aliphatic heterocycles. The summed E-state index contributed by atoms with van der Waals surface area (Å²) >= 11 is 2.81. The van der Waals surface area contributed by atoms with Crippen molar-refractivity contribution < 1.29 is 14.3 Å². The van der Waals surface area contributed by atoms with Gasteiger partial charge in [-0.3, -0.25) is 9.59 Å². The van der Waals surface area contributed by atoms with Crippen LogP contribution in [-0.2, 0) is 9.59 Å². The van der Waals surface area contributed by atoms with Gasteiger partial charge >= 0.3 is 0 Å². The molecular weight excluding hydrogens is 418 g/mol. The fourth-order valence-corrected chi connectivity index (χ4v) is 8.34. The lowest BCUT2D eigenvalue weighted by atomic mass is 9.78. The van der Waals surface area contributed by atoms with Gasteiger partial charge in [0.25, 0.3) is 0 Å². The highest BCUT2D eigenvalue weighted by molar-refractivity contribution is 8.13. The molecule has 0 heterocycles. The molecule has 2 rings (SSSR count). The number of anilines is 1. The van der Waals surface area contributed by atoms with Crippen molar-refractivity contribution in [3.05, 3.63) is 24.3 Å². The molecule has 29 heavy (non-hydrogen) atoms. The van der Waals surface area contributed by atoms with Crippen LogP contribution in [0.1, 0.15) is 26.7 Å². The maximum absolute atomic E-state index is 13.0. The Morgan fingerprint density at radius 1 is 1.00 bits per heavy atom. The van der Waals surface area contributed by atoms with E-state index >= 15 is 0 Å². The molecule has 1 saturated carbocycles. The van der Waals surface area contributed by atoms with Crippen molar-refractivity contribution in [3.8, 4) is 5.75 Å². The number of hydrogen-bond acceptors (Lipinski definition) is 6. The maximum atomic E-state index is 13.0. The van der Waals surface area contributed by atoms with E-state index in [1.807, 2.05) is 38.1 Å². The van der Waals surface area contributed by atoms with Crippen molar-refractivity contribution in [2.45, 2.75) is 57.9 Å². The Hall–Kier alpha value is -0.923. The fourth-order valence-electron chi connectivity index (χ4n) is 4.24. The molecule has 1 fully saturated rings. The highest BCUT2D eigenvalue weighted by atomic mass is 32.2. The van der Waals surface area contributed by atoms with E-state index in [1.54, 1.807) is 7.11 Å². The predicted molar refractivity (Wildman–Crippen MR) is 130 cm³/mol. The zero-order valence-electron chi connectivity index (χ0n) is 18.5. The Labute approximate surface area is 185 Å². The highest BCUT2D eigenvalue weighted by Gasteiger charge is 2.47. The van der Waals surface area contributed by atoms with Crippen LogP contribution in [0.2, 0.25) is 25.2 Å². The third kappa shape index (κ3) is 6.53. The van der Waals surface area contributed by atoms with Gasteiger partial charge in [0.1, 0.15) is 5.75 Å². The number of methoxy groups -OCH3 is 1. The number of hydrogen-bond donors (Lipinski definition) is 1. The third-order valence-corrected chi connectivity index (χ3v) is 10.3. The highest BCUT2D eigenvalue weighted by Crippen LogP contribution is 2.47. The first kappa shape index (κ1) is 24.3. The van der Waals surface area contributed by atoms with E-state index in [9.17, 15) is 9.59 Å². The van der Waals surface area contributed by atoms with Gasteiger partial charge in [0, 0.05) is 31.6 Å². The van der Waals surface area contributed by atoms with Crippen LogP contribution < -0.4 is 10.1 Å². The van der Waals surface area contributed by atoms with E-state index in [1.165, 1.54) is 23.5 Å². The first-order chi connectivity index (χ1) is 13.7. The second kappa shape index (κ2) is 10.9. The summed E-state index contributed by atoms with van der Waals surface area (Å²) in [5.74, 6) is 2.23. The van der Waals surface area contributed by atoms with Crippen molar-refractivity contribution in [1.82, 2.24) is 0 Å². The Bertz CT molecular complexity index is 690. The molecule has 0 aromatic heterocycles. The normalized spacial score (nSPS) is 24.8. The van der Waals surface area contributed by atoms with E-state index in [-0.39, 0.29) is 28.1 Å². The number of carbonyl (C=O) groups excluding carboxylic acids is 2. The minimum Gasteiger partial charge on any atom is -0.497 e. The molecule has 1 aromatic rings. The number of carbonyl (C=O) groups is 2. The summed E-state index contributed by atoms with van der Waals surface area (Å²) in [4.78, 5) is 25.9. The van der Waals surface area contributed by atoms with Crippen LogP contribution in [0, 0.1) is 11.8 Å². The molecule has 1 N–H and O–H groups in total. The number of thioether (sulfide) groups is 2. The quantitative estimate of drug-likeness (QED) is 0.504. The first-order valence-electron chi connectivity index (χ1n) is 10.4. The molecule has 0 amide bonds. The van der Waals surface area contributed by atoms with E-state index in [0.29, 0.717) is 12.0 Å². The minimum atomic E-state index is -1.58. The van der Waals surface area contributed by atoms with Crippen LogP contribution in [0.15, 0.2) is 24.3 Å². The summed E-state index contributed by atoms with van der Waals surface area (Å²) in [7, 11) is 0.0769. The first-order valence-corrected chi connectivity index (χ1v) is 16.0. The number of rotatable bonds is 8. The van der Waals surface area contributed by atoms with Crippen LogP contribution >= 0.6 is 23.5 Å². The van der Waals surface area contributed by atoms with Gasteiger partial charge in [0.15, 0.2) is 10.2 Å². The Balaban J connectivity index is 2.32. The van der Waals surface area contributed by atoms with E-state index in [4.69, 9.17) is 4.74 Å². The average Bonchev–Trinajstić information content (AvgIpc) is 2.68. The smallest absolute Gasteiger partial charge is 0.194 e. The zero-order valence-corrected chi connectivity index (χ0v) is 21.1. The third-order valence-electron chi connectivity index (χ3n) is 5.72. The van der Waals surface area contributed by atoms with Crippen molar-refractivity contribution in [2.24, 2.45) is 11.8 Å². The second-order valence-corrected chi connectivity index (χ2v) is 16.7. The van der Waals surface area contributed by atoms with Crippen molar-refractivity contribution in [3.63, 3.8) is 0 Å². The zero-order chi connectivity index (χ0) is 21.6. The lowest BCUT2D eigenvalue weighted by molar-refractivity contribution is -0.119. The lowest BCUT2D eigenvalue weighted by Crippen LogP contribution is -2.49. The molecule has 7 heteroatoms. The molecule has 4 nitrogen and oxygen atoms in total. The largest absolute Gasteiger partial charge is 0.497 e. The molecule has 1 aliphatic carbocycles. The number of ether oxygens (including phenoxy) is 1. The van der Waals surface area contributed by atoms with Gasteiger partial charge in [-0.15, -0.1) is 0 Å². The maximum Gasteiger partial charge on any atom is 0.194 e. The van der Waals surface area contributed by atoms with Gasteiger partial charge in [-0.1, -0.05) is 57.0 Å². The van der Waals surface area contributed by atoms with Gasteiger partial charge in [-0.25, -0.2) is 0 Å². The summed E-state index contributed by atoms with van der Waals surface area (Å²) in [6.07, 6.45) is 1.55. The van der Waals surface area contributed by atoms with Crippen LogP contribution in [0.5, 0.6) is 5.75 Å². The summed E-state index contributed by atoms with van der Waals surface area (Å²) in [6.45, 7) is 11.1. The number of nitrogens with one attached hydrogen (secondary N) is 1. The molecule has 4 unspecified atom stereocenters. The van der Waals surface area contributed by atoms with Crippen LogP contribution in [0.25, 0.3) is 0 Å². The van der Waals surface area contributed by atoms with E-state index in [2.05, 4.69) is 25.0 Å². The monoisotopic (exact) mass is 453 g/mol. The molecule has 0 radical (unpaired) electrons. The van der Waals surface area contributed by atoms with Crippen LogP contribution in [0.3, 0.4) is 0 Å². The second-order valence-electron chi connectivity index (χ2n) is 8.64. The molecule has 0 saturated heterocycles. The van der Waals surface area contributed by atoms with Crippen molar-refractivity contribution in [1.29, 1.82) is 0 Å². The van der Waals surface area contributed by atoms with Gasteiger partial charge in [-0.05, 0) is 54.2 Å². The topological polar surface area (TPSA) is 55.4 Å². The fraction of sp³-hybridized carbons (Fsp3) is 0.636. The summed E-state index contributed by atoms with van der Waals surface area (Å²) in [5, 5.41) is 4.12. The molecule has 1 aliphatic rings.